The molecule has 0 saturated carbocycles. The monoisotopic (exact) mass is 481 g/mol. The molecule has 1 aliphatic heterocycles. The first-order valence-corrected chi connectivity index (χ1v) is 12.2. The van der Waals surface area contributed by atoms with E-state index in [1.165, 1.54) is 4.90 Å². The van der Waals surface area contributed by atoms with Gasteiger partial charge in [-0.25, -0.2) is 0 Å². The summed E-state index contributed by atoms with van der Waals surface area (Å²) < 4.78 is 16.6. The molecule has 35 heavy (non-hydrogen) atoms. The highest BCUT2D eigenvalue weighted by atomic mass is 16.5. The Morgan fingerprint density at radius 3 is 2.29 bits per heavy atom. The van der Waals surface area contributed by atoms with Gasteiger partial charge in [0.15, 0.2) is 0 Å². The van der Waals surface area contributed by atoms with Crippen LogP contribution in [0, 0.1) is 6.92 Å². The summed E-state index contributed by atoms with van der Waals surface area (Å²) >= 11 is 0. The zero-order valence-corrected chi connectivity index (χ0v) is 21.0. The molecule has 0 aliphatic carbocycles. The molecule has 1 heterocycles. The summed E-state index contributed by atoms with van der Waals surface area (Å²) in [5.41, 5.74) is 2.11. The van der Waals surface area contributed by atoms with Crippen molar-refractivity contribution in [2.45, 2.75) is 46.1 Å². The molecule has 1 aliphatic rings. The third-order valence-corrected chi connectivity index (χ3v) is 5.87. The maximum Gasteiger partial charge on any atom is 0.295 e. The van der Waals surface area contributed by atoms with E-state index in [0.29, 0.717) is 44.1 Å². The van der Waals surface area contributed by atoms with E-state index in [0.717, 1.165) is 29.7 Å². The van der Waals surface area contributed by atoms with Gasteiger partial charge < -0.3 is 24.2 Å². The molecule has 3 rings (SSSR count). The SMILES string of the molecule is CCCOc1ccc(C2/C(=C(/O)c3ccc(OCCC)c(C)c3)C(=O)C(=O)N2CCCOC)cc1. The number of likely N-dealkylation sites (tertiary alicyclic amines) is 1. The average Bonchev–Trinajstić information content (AvgIpc) is 3.11. The van der Waals surface area contributed by atoms with Crippen molar-refractivity contribution in [3.8, 4) is 11.5 Å². The molecule has 7 heteroatoms. The normalized spacial score (nSPS) is 17.1. The molecule has 2 aromatic carbocycles. The molecule has 2 aromatic rings. The molecule has 0 bridgehead atoms. The quantitative estimate of drug-likeness (QED) is 0.198. The molecule has 1 N–H and O–H groups in total. The van der Waals surface area contributed by atoms with E-state index in [1.807, 2.05) is 45.0 Å². The highest BCUT2D eigenvalue weighted by molar-refractivity contribution is 6.46. The van der Waals surface area contributed by atoms with Gasteiger partial charge in [0.2, 0.25) is 0 Å². The van der Waals surface area contributed by atoms with E-state index in [4.69, 9.17) is 14.2 Å². The molecule has 7 nitrogen and oxygen atoms in total. The number of amides is 1. The van der Waals surface area contributed by atoms with Gasteiger partial charge >= 0.3 is 0 Å². The van der Waals surface area contributed by atoms with Crippen LogP contribution in [0.2, 0.25) is 0 Å². The zero-order chi connectivity index (χ0) is 25.4. The van der Waals surface area contributed by atoms with E-state index in [1.54, 1.807) is 25.3 Å². The summed E-state index contributed by atoms with van der Waals surface area (Å²) in [6.45, 7) is 7.94. The Kier molecular flexibility index (Phi) is 9.32. The molecule has 0 radical (unpaired) electrons. The lowest BCUT2D eigenvalue weighted by molar-refractivity contribution is -0.140. The number of aliphatic hydroxyl groups excluding tert-OH is 1. The van der Waals surface area contributed by atoms with Crippen LogP contribution in [0.3, 0.4) is 0 Å². The number of carbonyl (C=O) groups is 2. The summed E-state index contributed by atoms with van der Waals surface area (Å²) in [4.78, 5) is 27.7. The number of aliphatic hydroxyl groups is 1. The van der Waals surface area contributed by atoms with Crippen LogP contribution in [0.4, 0.5) is 0 Å². The van der Waals surface area contributed by atoms with Crippen LogP contribution in [0.15, 0.2) is 48.0 Å². The second-order valence-electron chi connectivity index (χ2n) is 8.59. The first kappa shape index (κ1) is 26.3. The minimum absolute atomic E-state index is 0.0799. The van der Waals surface area contributed by atoms with E-state index in [9.17, 15) is 14.7 Å². The molecule has 1 fully saturated rings. The summed E-state index contributed by atoms with van der Waals surface area (Å²) in [5, 5.41) is 11.3. The second-order valence-corrected chi connectivity index (χ2v) is 8.59. The van der Waals surface area contributed by atoms with E-state index in [2.05, 4.69) is 0 Å². The molecule has 1 atom stereocenters. The van der Waals surface area contributed by atoms with Crippen LogP contribution in [0.1, 0.15) is 55.8 Å². The number of aryl methyl sites for hydroxylation is 1. The number of benzene rings is 2. The summed E-state index contributed by atoms with van der Waals surface area (Å²) in [6, 6.07) is 11.9. The summed E-state index contributed by atoms with van der Waals surface area (Å²) in [6.07, 6.45) is 2.35. The Balaban J connectivity index is 2.03. The molecule has 0 aromatic heterocycles. The highest BCUT2D eigenvalue weighted by Gasteiger charge is 2.45. The van der Waals surface area contributed by atoms with E-state index < -0.39 is 17.7 Å². The van der Waals surface area contributed by atoms with Gasteiger partial charge in [-0.05, 0) is 67.6 Å². The Hall–Kier alpha value is -3.32. The maximum atomic E-state index is 13.2. The molecular formula is C28H35NO6. The minimum Gasteiger partial charge on any atom is -0.507 e. The van der Waals surface area contributed by atoms with Crippen LogP contribution < -0.4 is 9.47 Å². The van der Waals surface area contributed by atoms with Crippen molar-refractivity contribution in [2.75, 3.05) is 33.5 Å². The fraction of sp³-hybridized carbons (Fsp3) is 0.429. The molecule has 1 unspecified atom stereocenters. The number of Topliss-reactive ketones (excluding diaryl/α,β-unsaturated/α-hetero) is 1. The summed E-state index contributed by atoms with van der Waals surface area (Å²) in [5.74, 6) is -0.0781. The maximum absolute atomic E-state index is 13.2. The molecule has 1 amide bonds. The largest absolute Gasteiger partial charge is 0.507 e. The predicted molar refractivity (Wildman–Crippen MR) is 135 cm³/mol. The van der Waals surface area contributed by atoms with Gasteiger partial charge in [-0.2, -0.15) is 0 Å². The fourth-order valence-corrected chi connectivity index (χ4v) is 4.13. The number of ether oxygens (including phenoxy) is 3. The Labute approximate surface area is 207 Å². The standard InChI is InChI=1S/C28H35NO6/c1-5-15-34-22-11-8-20(9-12-22)25-24(27(31)28(32)29(25)14-7-17-33-4)26(30)21-10-13-23(19(3)18-21)35-16-6-2/h8-13,18,25,30H,5-7,14-17H2,1-4H3/b26-24-. The number of rotatable bonds is 12. The van der Waals surface area contributed by atoms with Crippen LogP contribution in [-0.4, -0.2) is 55.2 Å². The van der Waals surface area contributed by atoms with Crippen LogP contribution in [0.25, 0.3) is 5.76 Å². The van der Waals surface area contributed by atoms with Gasteiger partial charge in [0.25, 0.3) is 11.7 Å². The van der Waals surface area contributed by atoms with Crippen molar-refractivity contribution in [2.24, 2.45) is 0 Å². The average molecular weight is 482 g/mol. The lowest BCUT2D eigenvalue weighted by Gasteiger charge is -2.25. The van der Waals surface area contributed by atoms with Gasteiger partial charge in [0.1, 0.15) is 17.3 Å². The van der Waals surface area contributed by atoms with Crippen molar-refractivity contribution in [1.82, 2.24) is 4.90 Å². The molecule has 188 valence electrons. The Morgan fingerprint density at radius 2 is 1.66 bits per heavy atom. The van der Waals surface area contributed by atoms with Gasteiger partial charge in [0.05, 0.1) is 24.8 Å². The first-order valence-electron chi connectivity index (χ1n) is 12.2. The number of ketones is 1. The van der Waals surface area contributed by atoms with Gasteiger partial charge in [-0.3, -0.25) is 9.59 Å². The number of hydrogen-bond acceptors (Lipinski definition) is 6. The lowest BCUT2D eigenvalue weighted by atomic mass is 9.94. The number of hydrogen-bond donors (Lipinski definition) is 1. The first-order chi connectivity index (χ1) is 16.9. The molecule has 0 spiro atoms. The van der Waals surface area contributed by atoms with Crippen molar-refractivity contribution < 1.29 is 28.9 Å². The fourth-order valence-electron chi connectivity index (χ4n) is 4.13. The van der Waals surface area contributed by atoms with Crippen molar-refractivity contribution in [3.05, 3.63) is 64.7 Å². The Morgan fingerprint density at radius 1 is 0.971 bits per heavy atom. The van der Waals surface area contributed by atoms with Crippen LogP contribution >= 0.6 is 0 Å². The van der Waals surface area contributed by atoms with Gasteiger partial charge in [-0.1, -0.05) is 26.0 Å². The smallest absolute Gasteiger partial charge is 0.295 e. The Bertz CT molecular complexity index is 1060. The van der Waals surface area contributed by atoms with E-state index >= 15 is 0 Å². The summed E-state index contributed by atoms with van der Waals surface area (Å²) in [7, 11) is 1.59. The van der Waals surface area contributed by atoms with Crippen molar-refractivity contribution in [1.29, 1.82) is 0 Å². The van der Waals surface area contributed by atoms with Gasteiger partial charge in [0, 0.05) is 25.8 Å². The third-order valence-electron chi connectivity index (χ3n) is 5.87. The van der Waals surface area contributed by atoms with Gasteiger partial charge in [-0.15, -0.1) is 0 Å². The number of carbonyl (C=O) groups excluding carboxylic acids is 2. The third kappa shape index (κ3) is 6.03. The lowest BCUT2D eigenvalue weighted by Crippen LogP contribution is -2.31. The van der Waals surface area contributed by atoms with Crippen molar-refractivity contribution in [3.63, 3.8) is 0 Å². The second kappa shape index (κ2) is 12.4. The van der Waals surface area contributed by atoms with E-state index in [-0.39, 0.29) is 11.3 Å². The minimum atomic E-state index is -0.705. The molecule has 1 saturated heterocycles. The highest BCUT2D eigenvalue weighted by Crippen LogP contribution is 2.40. The topological polar surface area (TPSA) is 85.3 Å². The predicted octanol–water partition coefficient (Wildman–Crippen LogP) is 5.03. The molecular weight excluding hydrogens is 446 g/mol. The van der Waals surface area contributed by atoms with Crippen LogP contribution in [-0.2, 0) is 14.3 Å². The van der Waals surface area contributed by atoms with Crippen molar-refractivity contribution >= 4 is 17.4 Å². The number of methoxy groups -OCH3 is 1. The number of nitrogens with zero attached hydrogens (tertiary/aromatic N) is 1. The zero-order valence-electron chi connectivity index (χ0n) is 21.0. The van der Waals surface area contributed by atoms with Crippen LogP contribution in [0.5, 0.6) is 11.5 Å².